The number of amides is 2. The molecule has 10 heteroatoms. The molecule has 3 aromatic carbocycles. The zero-order valence-electron chi connectivity index (χ0n) is 16.1. The van der Waals surface area contributed by atoms with E-state index >= 15 is 0 Å². The summed E-state index contributed by atoms with van der Waals surface area (Å²) in [6.45, 7) is 0. The van der Waals surface area contributed by atoms with E-state index in [0.717, 1.165) is 29.4 Å². The first-order valence-electron chi connectivity index (χ1n) is 9.29. The Morgan fingerprint density at radius 2 is 1.06 bits per heavy atom. The van der Waals surface area contributed by atoms with Crippen molar-refractivity contribution in [2.75, 3.05) is 10.6 Å². The topological polar surface area (TPSA) is 84.0 Å². The molecular formula is C22H12Br2N4O2S2. The van der Waals surface area contributed by atoms with Crippen LogP contribution in [0.15, 0.2) is 69.6 Å². The molecule has 5 rings (SSSR count). The van der Waals surface area contributed by atoms with Gasteiger partial charge in [0, 0.05) is 20.1 Å². The van der Waals surface area contributed by atoms with Crippen LogP contribution in [0.2, 0.25) is 0 Å². The van der Waals surface area contributed by atoms with Gasteiger partial charge in [-0.1, -0.05) is 54.5 Å². The van der Waals surface area contributed by atoms with E-state index in [-0.39, 0.29) is 11.8 Å². The molecule has 32 heavy (non-hydrogen) atoms. The van der Waals surface area contributed by atoms with E-state index in [1.54, 1.807) is 24.3 Å². The summed E-state index contributed by atoms with van der Waals surface area (Å²) < 4.78 is 3.87. The molecule has 6 nitrogen and oxygen atoms in total. The van der Waals surface area contributed by atoms with Gasteiger partial charge in [-0.05, 0) is 60.7 Å². The lowest BCUT2D eigenvalue weighted by atomic mass is 10.1. The lowest BCUT2D eigenvalue weighted by molar-refractivity contribution is 0.101. The normalized spacial score (nSPS) is 11.1. The first-order valence-corrected chi connectivity index (χ1v) is 12.5. The van der Waals surface area contributed by atoms with Crippen LogP contribution in [0.25, 0.3) is 20.4 Å². The fourth-order valence-corrected chi connectivity index (χ4v) is 5.84. The number of rotatable bonds is 4. The number of carbonyl (C=O) groups is 2. The monoisotopic (exact) mass is 586 g/mol. The maximum atomic E-state index is 12.6. The zero-order chi connectivity index (χ0) is 22.2. The van der Waals surface area contributed by atoms with Crippen LogP contribution in [-0.4, -0.2) is 21.8 Å². The number of thiazole rings is 2. The predicted octanol–water partition coefficient (Wildman–Crippen LogP) is 6.94. The van der Waals surface area contributed by atoms with Crippen LogP contribution in [-0.2, 0) is 0 Å². The third-order valence-electron chi connectivity index (χ3n) is 4.55. The quantitative estimate of drug-likeness (QED) is 0.239. The average Bonchev–Trinajstić information content (AvgIpc) is 3.35. The summed E-state index contributed by atoms with van der Waals surface area (Å²) in [4.78, 5) is 34.0. The molecular weight excluding hydrogens is 576 g/mol. The highest BCUT2D eigenvalue weighted by Gasteiger charge is 2.13. The van der Waals surface area contributed by atoms with Crippen LogP contribution < -0.4 is 10.6 Å². The Morgan fingerprint density at radius 3 is 1.47 bits per heavy atom. The van der Waals surface area contributed by atoms with Gasteiger partial charge in [0.1, 0.15) is 0 Å². The Labute approximate surface area is 207 Å². The van der Waals surface area contributed by atoms with Gasteiger partial charge in [-0.2, -0.15) is 0 Å². The largest absolute Gasteiger partial charge is 0.298 e. The molecule has 0 unspecified atom stereocenters. The summed E-state index contributed by atoms with van der Waals surface area (Å²) in [7, 11) is 0. The van der Waals surface area contributed by atoms with Crippen molar-refractivity contribution >= 4 is 97.0 Å². The lowest BCUT2D eigenvalue weighted by Crippen LogP contribution is -2.14. The van der Waals surface area contributed by atoms with Crippen molar-refractivity contribution in [1.29, 1.82) is 0 Å². The van der Waals surface area contributed by atoms with E-state index in [2.05, 4.69) is 52.5 Å². The number of halogens is 2. The minimum atomic E-state index is -0.285. The summed E-state index contributed by atoms with van der Waals surface area (Å²) in [5.41, 5.74) is 2.52. The Morgan fingerprint density at radius 1 is 0.656 bits per heavy atom. The van der Waals surface area contributed by atoms with Crippen molar-refractivity contribution in [1.82, 2.24) is 9.97 Å². The van der Waals surface area contributed by atoms with Crippen molar-refractivity contribution in [2.45, 2.75) is 0 Å². The molecule has 0 aliphatic rings. The molecule has 2 aromatic heterocycles. The summed E-state index contributed by atoms with van der Waals surface area (Å²) >= 11 is 9.67. The molecule has 0 aliphatic carbocycles. The smallest absolute Gasteiger partial charge is 0.257 e. The number of fused-ring (bicyclic) bond motifs is 2. The minimum absolute atomic E-state index is 0.285. The SMILES string of the molecule is O=C(Nc1nc2ccc(Br)cc2s1)c1ccc(C(=O)Nc2nc3ccc(Br)cc3s2)cc1. The number of benzene rings is 3. The first-order chi connectivity index (χ1) is 15.4. The van der Waals surface area contributed by atoms with Crippen molar-refractivity contribution in [2.24, 2.45) is 0 Å². The molecule has 0 atom stereocenters. The van der Waals surface area contributed by atoms with Crippen LogP contribution >= 0.6 is 54.5 Å². The van der Waals surface area contributed by atoms with Gasteiger partial charge in [-0.25, -0.2) is 9.97 Å². The van der Waals surface area contributed by atoms with Crippen molar-refractivity contribution in [3.63, 3.8) is 0 Å². The van der Waals surface area contributed by atoms with Gasteiger partial charge in [0.15, 0.2) is 10.3 Å². The number of carbonyl (C=O) groups excluding carboxylic acids is 2. The van der Waals surface area contributed by atoms with Crippen molar-refractivity contribution in [3.8, 4) is 0 Å². The molecule has 0 spiro atoms. The van der Waals surface area contributed by atoms with E-state index in [1.807, 2.05) is 36.4 Å². The minimum Gasteiger partial charge on any atom is -0.298 e. The number of hydrogen-bond acceptors (Lipinski definition) is 6. The molecule has 2 N–H and O–H groups in total. The molecule has 0 saturated heterocycles. The van der Waals surface area contributed by atoms with Crippen LogP contribution in [0.1, 0.15) is 20.7 Å². The van der Waals surface area contributed by atoms with Crippen LogP contribution in [0.3, 0.4) is 0 Å². The van der Waals surface area contributed by atoms with Gasteiger partial charge >= 0.3 is 0 Å². The molecule has 2 amide bonds. The van der Waals surface area contributed by atoms with Gasteiger partial charge in [-0.3, -0.25) is 20.2 Å². The summed E-state index contributed by atoms with van der Waals surface area (Å²) in [5, 5.41) is 6.67. The highest BCUT2D eigenvalue weighted by Crippen LogP contribution is 2.30. The predicted molar refractivity (Wildman–Crippen MR) is 137 cm³/mol. The van der Waals surface area contributed by atoms with Gasteiger partial charge in [0.2, 0.25) is 0 Å². The van der Waals surface area contributed by atoms with E-state index in [0.29, 0.717) is 21.4 Å². The van der Waals surface area contributed by atoms with Crippen LogP contribution in [0.4, 0.5) is 10.3 Å². The first kappa shape index (κ1) is 21.2. The second-order valence-corrected chi connectivity index (χ2v) is 10.6. The van der Waals surface area contributed by atoms with Gasteiger partial charge < -0.3 is 0 Å². The second-order valence-electron chi connectivity index (χ2n) is 6.75. The molecule has 0 fully saturated rings. The zero-order valence-corrected chi connectivity index (χ0v) is 20.9. The van der Waals surface area contributed by atoms with Gasteiger partial charge in [-0.15, -0.1) is 0 Å². The second kappa shape index (κ2) is 8.70. The van der Waals surface area contributed by atoms with Crippen molar-refractivity contribution in [3.05, 3.63) is 80.7 Å². The lowest BCUT2D eigenvalue weighted by Gasteiger charge is -2.04. The average molecular weight is 588 g/mol. The molecule has 158 valence electrons. The molecule has 0 radical (unpaired) electrons. The van der Waals surface area contributed by atoms with Crippen LogP contribution in [0, 0.1) is 0 Å². The summed E-state index contributed by atoms with van der Waals surface area (Å²) in [6.07, 6.45) is 0. The van der Waals surface area contributed by atoms with E-state index in [4.69, 9.17) is 0 Å². The third-order valence-corrected chi connectivity index (χ3v) is 7.40. The fourth-order valence-electron chi connectivity index (χ4n) is 3.02. The molecule has 0 aliphatic heterocycles. The number of hydrogen-bond donors (Lipinski definition) is 2. The third kappa shape index (κ3) is 4.44. The Kier molecular flexibility index (Phi) is 5.76. The highest BCUT2D eigenvalue weighted by atomic mass is 79.9. The number of anilines is 2. The number of nitrogens with one attached hydrogen (secondary N) is 2. The Bertz CT molecular complexity index is 1380. The highest BCUT2D eigenvalue weighted by molar-refractivity contribution is 9.10. The maximum absolute atomic E-state index is 12.6. The number of aromatic nitrogens is 2. The molecule has 5 aromatic rings. The standard InChI is InChI=1S/C22H12Br2N4O2S2/c23-13-5-7-15-17(9-13)31-21(25-15)27-19(29)11-1-2-12(4-3-11)20(30)28-22-26-16-8-6-14(24)10-18(16)32-22/h1-10H,(H,25,27,29)(H,26,28,30). The fraction of sp³-hybridized carbons (Fsp3) is 0. The Hall–Kier alpha value is -2.66. The van der Waals surface area contributed by atoms with E-state index in [1.165, 1.54) is 22.7 Å². The molecule has 2 heterocycles. The maximum Gasteiger partial charge on any atom is 0.257 e. The molecule has 0 saturated carbocycles. The van der Waals surface area contributed by atoms with Crippen molar-refractivity contribution < 1.29 is 9.59 Å². The van der Waals surface area contributed by atoms with Gasteiger partial charge in [0.05, 0.1) is 20.4 Å². The molecule has 0 bridgehead atoms. The number of nitrogens with zero attached hydrogens (tertiary/aromatic N) is 2. The Balaban J connectivity index is 1.27. The van der Waals surface area contributed by atoms with E-state index < -0.39 is 0 Å². The summed E-state index contributed by atoms with van der Waals surface area (Å²) in [6, 6.07) is 18.0. The summed E-state index contributed by atoms with van der Waals surface area (Å²) in [5.74, 6) is -0.571. The van der Waals surface area contributed by atoms with Gasteiger partial charge in [0.25, 0.3) is 11.8 Å². The van der Waals surface area contributed by atoms with Crippen LogP contribution in [0.5, 0.6) is 0 Å². The van der Waals surface area contributed by atoms with E-state index in [9.17, 15) is 9.59 Å².